The van der Waals surface area contributed by atoms with Crippen molar-refractivity contribution in [2.24, 2.45) is 5.84 Å². The maximum atomic E-state index is 11.5. The lowest BCUT2D eigenvalue weighted by Crippen LogP contribution is -2.32. The van der Waals surface area contributed by atoms with Crippen LogP contribution in [0.25, 0.3) is 0 Å². The minimum Gasteiger partial charge on any atom is -0.299 e. The van der Waals surface area contributed by atoms with Gasteiger partial charge in [0.2, 0.25) is 5.91 Å². The molecule has 0 saturated carbocycles. The van der Waals surface area contributed by atoms with Crippen molar-refractivity contribution in [2.75, 3.05) is 13.1 Å². The summed E-state index contributed by atoms with van der Waals surface area (Å²) in [5, 5.41) is 0. The highest BCUT2D eigenvalue weighted by molar-refractivity contribution is 5.78. The molecule has 3 N–H and O–H groups in total. The fraction of sp³-hybridized carbons (Fsp3) is 0.562. The van der Waals surface area contributed by atoms with Gasteiger partial charge in [0, 0.05) is 6.54 Å². The van der Waals surface area contributed by atoms with Crippen LogP contribution in [0.1, 0.15) is 43.2 Å². The second-order valence-electron chi connectivity index (χ2n) is 5.56. The number of benzene rings is 1. The molecule has 0 aliphatic carbocycles. The summed E-state index contributed by atoms with van der Waals surface area (Å²) in [6.45, 7) is 3.27. The van der Waals surface area contributed by atoms with Gasteiger partial charge in [-0.05, 0) is 37.1 Å². The van der Waals surface area contributed by atoms with Gasteiger partial charge >= 0.3 is 0 Å². The minimum atomic E-state index is -0.134. The van der Waals surface area contributed by atoms with Crippen molar-refractivity contribution in [1.29, 1.82) is 0 Å². The Morgan fingerprint density at radius 2 is 1.65 bits per heavy atom. The van der Waals surface area contributed by atoms with Crippen LogP contribution >= 0.6 is 0 Å². The highest BCUT2D eigenvalue weighted by Gasteiger charge is 2.12. The number of amides is 1. The summed E-state index contributed by atoms with van der Waals surface area (Å²) in [5.74, 6) is 5.05. The van der Waals surface area contributed by atoms with Crippen LogP contribution in [-0.2, 0) is 17.8 Å². The molecule has 20 heavy (non-hydrogen) atoms. The maximum absolute atomic E-state index is 11.5. The monoisotopic (exact) mass is 275 g/mol. The summed E-state index contributed by atoms with van der Waals surface area (Å²) in [7, 11) is 0. The molecular formula is C16H25N3O. The van der Waals surface area contributed by atoms with Crippen LogP contribution in [0, 0.1) is 0 Å². The zero-order valence-electron chi connectivity index (χ0n) is 12.1. The summed E-state index contributed by atoms with van der Waals surface area (Å²) < 4.78 is 0. The molecule has 110 valence electrons. The molecule has 1 aromatic carbocycles. The highest BCUT2D eigenvalue weighted by atomic mass is 16.2. The zero-order valence-corrected chi connectivity index (χ0v) is 12.1. The Morgan fingerprint density at radius 3 is 2.30 bits per heavy atom. The molecule has 2 rings (SSSR count). The lowest BCUT2D eigenvalue weighted by atomic mass is 10.0. The fourth-order valence-corrected chi connectivity index (χ4v) is 2.82. The van der Waals surface area contributed by atoms with Crippen LogP contribution in [-0.4, -0.2) is 23.9 Å². The molecule has 1 aliphatic rings. The third-order valence-corrected chi connectivity index (χ3v) is 3.97. The van der Waals surface area contributed by atoms with Gasteiger partial charge in [0.25, 0.3) is 0 Å². The van der Waals surface area contributed by atoms with E-state index >= 15 is 0 Å². The zero-order chi connectivity index (χ0) is 14.2. The number of hydrogen-bond donors (Lipinski definition) is 2. The van der Waals surface area contributed by atoms with Crippen molar-refractivity contribution in [3.63, 3.8) is 0 Å². The first kappa shape index (κ1) is 15.0. The van der Waals surface area contributed by atoms with E-state index in [2.05, 4.69) is 16.4 Å². The minimum absolute atomic E-state index is 0.134. The van der Waals surface area contributed by atoms with E-state index in [4.69, 9.17) is 5.84 Å². The number of rotatable bonds is 4. The molecule has 0 spiro atoms. The van der Waals surface area contributed by atoms with Crippen molar-refractivity contribution in [2.45, 2.75) is 45.1 Å². The van der Waals surface area contributed by atoms with Crippen LogP contribution in [0.5, 0.6) is 0 Å². The lowest BCUT2D eigenvalue weighted by Gasteiger charge is -2.25. The molecule has 4 nitrogen and oxygen atoms in total. The Labute approximate surface area is 121 Å². The molecule has 0 atom stereocenters. The number of hydrazine groups is 1. The molecule has 1 saturated heterocycles. The summed E-state index contributed by atoms with van der Waals surface area (Å²) >= 11 is 0. The van der Waals surface area contributed by atoms with Gasteiger partial charge in [-0.25, -0.2) is 5.84 Å². The average molecular weight is 275 g/mol. The second-order valence-corrected chi connectivity index (χ2v) is 5.56. The van der Waals surface area contributed by atoms with Crippen molar-refractivity contribution in [3.8, 4) is 0 Å². The van der Waals surface area contributed by atoms with Crippen LogP contribution < -0.4 is 11.3 Å². The van der Waals surface area contributed by atoms with E-state index in [0.717, 1.165) is 25.2 Å². The second kappa shape index (κ2) is 8.02. The van der Waals surface area contributed by atoms with E-state index in [1.54, 1.807) is 0 Å². The standard InChI is InChI=1S/C16H25N3O/c17-18-16(20)12-14-8-4-5-9-15(14)13-19-10-6-2-1-3-7-11-19/h4-5,8-9H,1-3,6-7,10-13,17H2,(H,18,20). The van der Waals surface area contributed by atoms with Crippen molar-refractivity contribution in [3.05, 3.63) is 35.4 Å². The Balaban J connectivity index is 2.01. The number of nitrogens with zero attached hydrogens (tertiary/aromatic N) is 1. The molecule has 1 aromatic rings. The van der Waals surface area contributed by atoms with E-state index in [-0.39, 0.29) is 5.91 Å². The Hall–Kier alpha value is -1.39. The first-order valence-electron chi connectivity index (χ1n) is 7.58. The summed E-state index contributed by atoms with van der Waals surface area (Å²) in [6.07, 6.45) is 6.99. The van der Waals surface area contributed by atoms with Gasteiger partial charge in [-0.15, -0.1) is 0 Å². The first-order valence-corrected chi connectivity index (χ1v) is 7.58. The van der Waals surface area contributed by atoms with Crippen LogP contribution in [0.2, 0.25) is 0 Å². The smallest absolute Gasteiger partial charge is 0.238 e. The van der Waals surface area contributed by atoms with Crippen LogP contribution in [0.4, 0.5) is 0 Å². The third kappa shape index (κ3) is 4.62. The summed E-state index contributed by atoms with van der Waals surface area (Å²) in [4.78, 5) is 14.0. The number of nitrogens with two attached hydrogens (primary N) is 1. The topological polar surface area (TPSA) is 58.4 Å². The number of carbonyl (C=O) groups is 1. The predicted molar refractivity (Wildman–Crippen MR) is 80.8 cm³/mol. The average Bonchev–Trinajstić information content (AvgIpc) is 2.43. The molecule has 0 bridgehead atoms. The molecule has 4 heteroatoms. The van der Waals surface area contributed by atoms with E-state index in [1.165, 1.54) is 37.7 Å². The normalized spacial score (nSPS) is 17.2. The van der Waals surface area contributed by atoms with Crippen LogP contribution in [0.3, 0.4) is 0 Å². The van der Waals surface area contributed by atoms with Gasteiger partial charge in [-0.3, -0.25) is 15.1 Å². The molecule has 1 amide bonds. The SMILES string of the molecule is NNC(=O)Cc1ccccc1CN1CCCCCCC1. The number of carbonyl (C=O) groups excluding carboxylic acids is 1. The van der Waals surface area contributed by atoms with E-state index in [9.17, 15) is 4.79 Å². The number of nitrogens with one attached hydrogen (secondary N) is 1. The Kier molecular flexibility index (Phi) is 6.02. The van der Waals surface area contributed by atoms with Gasteiger partial charge < -0.3 is 0 Å². The number of likely N-dealkylation sites (tertiary alicyclic amines) is 1. The van der Waals surface area contributed by atoms with Crippen molar-refractivity contribution < 1.29 is 4.79 Å². The van der Waals surface area contributed by atoms with Gasteiger partial charge in [-0.1, -0.05) is 43.5 Å². The maximum Gasteiger partial charge on any atom is 0.238 e. The van der Waals surface area contributed by atoms with Crippen LogP contribution in [0.15, 0.2) is 24.3 Å². The number of hydrogen-bond acceptors (Lipinski definition) is 3. The van der Waals surface area contributed by atoms with E-state index < -0.39 is 0 Å². The van der Waals surface area contributed by atoms with Gasteiger partial charge in [0.1, 0.15) is 0 Å². The van der Waals surface area contributed by atoms with Gasteiger partial charge in [-0.2, -0.15) is 0 Å². The van der Waals surface area contributed by atoms with Crippen molar-refractivity contribution in [1.82, 2.24) is 10.3 Å². The molecule has 0 unspecified atom stereocenters. The molecule has 0 aromatic heterocycles. The largest absolute Gasteiger partial charge is 0.299 e. The van der Waals surface area contributed by atoms with Crippen molar-refractivity contribution >= 4 is 5.91 Å². The third-order valence-electron chi connectivity index (χ3n) is 3.97. The first-order chi connectivity index (χ1) is 9.79. The lowest BCUT2D eigenvalue weighted by molar-refractivity contribution is -0.120. The molecule has 1 aliphatic heterocycles. The molecular weight excluding hydrogens is 250 g/mol. The Morgan fingerprint density at radius 1 is 1.05 bits per heavy atom. The fourth-order valence-electron chi connectivity index (χ4n) is 2.82. The van der Waals surface area contributed by atoms with E-state index in [0.29, 0.717) is 6.42 Å². The highest BCUT2D eigenvalue weighted by Crippen LogP contribution is 2.16. The Bertz CT molecular complexity index is 425. The predicted octanol–water partition coefficient (Wildman–Crippen LogP) is 1.99. The molecule has 1 heterocycles. The summed E-state index contributed by atoms with van der Waals surface area (Å²) in [6, 6.07) is 8.17. The summed E-state index contributed by atoms with van der Waals surface area (Å²) in [5.41, 5.74) is 4.54. The van der Waals surface area contributed by atoms with Gasteiger partial charge in [0.05, 0.1) is 6.42 Å². The quantitative estimate of drug-likeness (QED) is 0.502. The van der Waals surface area contributed by atoms with E-state index in [1.807, 2.05) is 18.2 Å². The molecule has 1 fully saturated rings. The van der Waals surface area contributed by atoms with Gasteiger partial charge in [0.15, 0.2) is 0 Å². The molecule has 0 radical (unpaired) electrons.